The second kappa shape index (κ2) is 10.9. The van der Waals surface area contributed by atoms with Crippen LogP contribution < -0.4 is 6.54 Å². The second-order valence-corrected chi connectivity index (χ2v) is 17.2. The van der Waals surface area contributed by atoms with Crippen molar-refractivity contribution in [1.29, 1.82) is 0 Å². The summed E-state index contributed by atoms with van der Waals surface area (Å²) < 4.78 is 170. The molecule has 0 bridgehead atoms. The third-order valence-corrected chi connectivity index (χ3v) is 14.8. The van der Waals surface area contributed by atoms with Crippen LogP contribution in [-0.4, -0.2) is 65.0 Å². The van der Waals surface area contributed by atoms with Crippen LogP contribution >= 0.6 is 0 Å². The normalized spacial score (nSPS) is 13.8. The maximum absolute atomic E-state index is 12.0. The molecule has 0 aliphatic rings. The minimum atomic E-state index is -8.02. The van der Waals surface area contributed by atoms with Crippen LogP contribution in [0.3, 0.4) is 0 Å². The zero-order chi connectivity index (χ0) is 27.5. The van der Waals surface area contributed by atoms with Crippen molar-refractivity contribution in [1.82, 2.24) is 0 Å². The Kier molecular flexibility index (Phi) is 9.82. The second-order valence-electron chi connectivity index (χ2n) is 5.88. The van der Waals surface area contributed by atoms with Gasteiger partial charge in [-0.3, -0.25) is 25.3 Å². The molecule has 0 amide bonds. The molecule has 196 valence electrons. The van der Waals surface area contributed by atoms with Crippen molar-refractivity contribution < 1.29 is 64.8 Å². The number of hydrogen-bond acceptors (Lipinski definition) is 6. The van der Waals surface area contributed by atoms with Gasteiger partial charge >= 0.3 is 107 Å². The van der Waals surface area contributed by atoms with Crippen LogP contribution in [0.5, 0.6) is 0 Å². The van der Waals surface area contributed by atoms with Gasteiger partial charge in [-0.1, -0.05) is 0 Å². The van der Waals surface area contributed by atoms with Crippen molar-refractivity contribution >= 4 is 59.3 Å². The molecule has 2 aromatic carbocycles. The minimum absolute atomic E-state index is 0.613. The van der Waals surface area contributed by atoms with E-state index in [0.717, 1.165) is 0 Å². The van der Waals surface area contributed by atoms with Gasteiger partial charge in [-0.15, -0.1) is 0 Å². The molecule has 0 N–H and O–H groups in total. The molecule has 0 saturated carbocycles. The Balaban J connectivity index is 0.000000394. The summed E-state index contributed by atoms with van der Waals surface area (Å²) in [5, 5.41) is 0. The van der Waals surface area contributed by atoms with Gasteiger partial charge in [0.15, 0.2) is 29.5 Å². The van der Waals surface area contributed by atoms with Crippen LogP contribution in [0.2, 0.25) is 0 Å². The van der Waals surface area contributed by atoms with E-state index in [0.29, 0.717) is 0 Å². The molecule has 19 heteroatoms. The fraction of sp³-hybridized carbons (Fsp3) is 0.188. The summed E-state index contributed by atoms with van der Waals surface area (Å²) >= 11 is -0.613. The Bertz CT molecular complexity index is 1160. The van der Waals surface area contributed by atoms with E-state index in [2.05, 4.69) is 60.7 Å². The Labute approximate surface area is 204 Å². The van der Waals surface area contributed by atoms with Crippen molar-refractivity contribution in [3.8, 4) is 0 Å². The van der Waals surface area contributed by atoms with Crippen LogP contribution in [0.1, 0.15) is 0 Å². The molecule has 0 aliphatic heterocycles. The topological polar surface area (TPSA) is 102 Å². The number of sulfone groups is 3. The molecule has 0 saturated heterocycles. The molecular weight excluding hydrogens is 764 g/mol. The number of alkyl halides is 9. The average molecular weight is 774 g/mol. The molecule has 2 rings (SSSR count). The van der Waals surface area contributed by atoms with Crippen molar-refractivity contribution in [2.75, 3.05) is 0 Å². The molecule has 2 aromatic rings. The monoisotopic (exact) mass is 774 g/mol. The van der Waals surface area contributed by atoms with Gasteiger partial charge < -0.3 is 0 Å². The Morgan fingerprint density at radius 3 is 0.914 bits per heavy atom. The third kappa shape index (κ3) is 7.52. The van der Waals surface area contributed by atoms with E-state index in [1.165, 1.54) is 0 Å². The van der Waals surface area contributed by atoms with Crippen molar-refractivity contribution in [3.05, 3.63) is 64.6 Å². The molecule has 0 heterocycles. The summed E-state index contributed by atoms with van der Waals surface area (Å²) in [6.07, 6.45) is 0. The summed E-state index contributed by atoms with van der Waals surface area (Å²) in [5.41, 5.74) is -21.2. The van der Waals surface area contributed by atoms with Crippen LogP contribution in [0, 0.1) is 3.91 Å². The molecule has 0 atom stereocenters. The SMILES string of the molecule is O=S(=O)([C-](S(=O)(=O)C(F)(F)F)S(=O)(=O)C(F)(F)F)C(F)(F)F.c1cc[c]([Bi+][c]2ccccc2)cc1. The van der Waals surface area contributed by atoms with Gasteiger partial charge in [-0.2, -0.15) is 39.5 Å². The van der Waals surface area contributed by atoms with E-state index < -0.39 is 73.2 Å². The van der Waals surface area contributed by atoms with Crippen molar-refractivity contribution in [2.24, 2.45) is 0 Å². The molecule has 0 aromatic heterocycles. The quantitative estimate of drug-likeness (QED) is 0.263. The standard InChI is InChI=1S/2C6H5.C4F9O6S3.Bi/c2*1-2-4-6-5-3-1;5-2(6,7)20(14,15)1(21(16,17)3(8,9)10)22(18,19)4(11,12)13;/h2*1-5H;;/q;;-1;+1. The third-order valence-electron chi connectivity index (χ3n) is 3.34. The Morgan fingerprint density at radius 1 is 0.486 bits per heavy atom. The van der Waals surface area contributed by atoms with Gasteiger partial charge in [0.25, 0.3) is 0 Å². The van der Waals surface area contributed by atoms with Gasteiger partial charge in [0, 0.05) is 0 Å². The van der Waals surface area contributed by atoms with E-state index in [9.17, 15) is 64.8 Å². The Morgan fingerprint density at radius 2 is 0.714 bits per heavy atom. The Hall–Kier alpha value is -1.46. The van der Waals surface area contributed by atoms with Gasteiger partial charge in [0.1, 0.15) is 0 Å². The molecule has 0 aliphatic carbocycles. The van der Waals surface area contributed by atoms with Crippen molar-refractivity contribution in [3.63, 3.8) is 0 Å². The van der Waals surface area contributed by atoms with Gasteiger partial charge in [0.2, 0.25) is 0 Å². The van der Waals surface area contributed by atoms with E-state index >= 15 is 0 Å². The van der Waals surface area contributed by atoms with E-state index in [1.54, 1.807) is 6.54 Å². The number of benzene rings is 2. The van der Waals surface area contributed by atoms with E-state index in [1.807, 2.05) is 0 Å². The summed E-state index contributed by atoms with van der Waals surface area (Å²) in [7, 11) is -24.1. The zero-order valence-electron chi connectivity index (χ0n) is 16.3. The number of hydrogen-bond donors (Lipinski definition) is 0. The summed E-state index contributed by atoms with van der Waals surface area (Å²) in [6, 6.07) is 21.6. The molecule has 35 heavy (non-hydrogen) atoms. The fourth-order valence-electron chi connectivity index (χ4n) is 1.87. The van der Waals surface area contributed by atoms with E-state index in [-0.39, 0.29) is 0 Å². The van der Waals surface area contributed by atoms with Crippen LogP contribution in [-0.2, 0) is 29.5 Å². The molecule has 0 unspecified atom stereocenters. The molecule has 0 fully saturated rings. The first-order valence-electron chi connectivity index (χ1n) is 8.19. The fourth-order valence-corrected chi connectivity index (χ4v) is 11.3. The van der Waals surface area contributed by atoms with Gasteiger partial charge in [-0.25, -0.2) is 0 Å². The summed E-state index contributed by atoms with van der Waals surface area (Å²) in [6.45, 7) is 0. The van der Waals surface area contributed by atoms with E-state index in [4.69, 9.17) is 0 Å². The van der Waals surface area contributed by atoms with Crippen LogP contribution in [0.15, 0.2) is 60.7 Å². The first-order valence-corrected chi connectivity index (χ1v) is 16.1. The first-order chi connectivity index (χ1) is 15.6. The van der Waals surface area contributed by atoms with Crippen molar-refractivity contribution in [2.45, 2.75) is 16.5 Å². The predicted molar refractivity (Wildman–Crippen MR) is 106 cm³/mol. The molecule has 2 radical (unpaired) electrons. The van der Waals surface area contributed by atoms with Crippen LogP contribution in [0.25, 0.3) is 0 Å². The molecule has 0 spiro atoms. The zero-order valence-corrected chi connectivity index (χ0v) is 22.2. The average Bonchev–Trinajstić information content (AvgIpc) is 2.67. The molecular formula is C16H10BiF9O6S3. The first kappa shape index (κ1) is 31.6. The molecule has 6 nitrogen and oxygen atoms in total. The van der Waals surface area contributed by atoms with Gasteiger partial charge in [0.05, 0.1) is 3.91 Å². The van der Waals surface area contributed by atoms with Crippen LogP contribution in [0.4, 0.5) is 39.5 Å². The summed E-state index contributed by atoms with van der Waals surface area (Å²) in [5.74, 6) is 0. The predicted octanol–water partition coefficient (Wildman–Crippen LogP) is 2.58. The number of rotatable bonds is 5. The van der Waals surface area contributed by atoms with Gasteiger partial charge in [-0.05, 0) is 0 Å². The number of halogens is 9. The maximum atomic E-state index is 12.0. The summed E-state index contributed by atoms with van der Waals surface area (Å²) in [4.78, 5) is 0.